The summed E-state index contributed by atoms with van der Waals surface area (Å²) in [5, 5.41) is 10.0. The summed E-state index contributed by atoms with van der Waals surface area (Å²) < 4.78 is 24.0. The first-order valence-corrected chi connectivity index (χ1v) is 8.64. The second kappa shape index (κ2) is 5.13. The van der Waals surface area contributed by atoms with Gasteiger partial charge in [-0.3, -0.25) is 4.79 Å². The maximum absolute atomic E-state index is 11.8. The number of aromatic nitrogens is 2. The average Bonchev–Trinajstić information content (AvgIpc) is 2.84. The number of amides is 1. The second-order valence-corrected chi connectivity index (χ2v) is 7.23. The Hall–Kier alpha value is -2.35. The number of para-hydroxylation sites is 1. The van der Waals surface area contributed by atoms with Crippen LogP contribution >= 0.6 is 0 Å². The van der Waals surface area contributed by atoms with E-state index in [-0.39, 0.29) is 11.9 Å². The number of hydrogen-bond acceptors (Lipinski definition) is 5. The summed E-state index contributed by atoms with van der Waals surface area (Å²) in [7, 11) is -3.42. The minimum Gasteiger partial charge on any atom is -0.380 e. The molecule has 1 aliphatic rings. The first-order valence-electron chi connectivity index (χ1n) is 6.79. The van der Waals surface area contributed by atoms with Crippen LogP contribution in [0.2, 0.25) is 0 Å². The summed E-state index contributed by atoms with van der Waals surface area (Å²) >= 11 is 0. The second-order valence-electron chi connectivity index (χ2n) is 5.39. The van der Waals surface area contributed by atoms with Crippen molar-refractivity contribution < 1.29 is 13.2 Å². The molecule has 2 N–H and O–H groups in total. The highest BCUT2D eigenvalue weighted by Gasteiger charge is 2.21. The topological polar surface area (TPSA) is 93.1 Å². The van der Waals surface area contributed by atoms with E-state index < -0.39 is 10.0 Å². The zero-order chi connectivity index (χ0) is 15.9. The van der Waals surface area contributed by atoms with Crippen LogP contribution in [0.5, 0.6) is 0 Å². The highest BCUT2D eigenvalue weighted by molar-refractivity contribution is 7.89. The Morgan fingerprint density at radius 1 is 1.36 bits per heavy atom. The number of carbonyl (C=O) groups is 1. The number of nitrogens with zero attached hydrogens (tertiary/aromatic N) is 2. The summed E-state index contributed by atoms with van der Waals surface area (Å²) in [6.07, 6.45) is 4.42. The van der Waals surface area contributed by atoms with E-state index in [1.54, 1.807) is 0 Å². The molecule has 0 fully saturated rings. The van der Waals surface area contributed by atoms with Gasteiger partial charge in [-0.15, -0.1) is 0 Å². The van der Waals surface area contributed by atoms with Crippen molar-refractivity contribution in [2.24, 2.45) is 0 Å². The van der Waals surface area contributed by atoms with Crippen molar-refractivity contribution in [3.63, 3.8) is 0 Å². The molecule has 0 unspecified atom stereocenters. The quantitative estimate of drug-likeness (QED) is 0.874. The van der Waals surface area contributed by atoms with Gasteiger partial charge in [-0.1, -0.05) is 12.1 Å². The van der Waals surface area contributed by atoms with Gasteiger partial charge < -0.3 is 10.6 Å². The fourth-order valence-corrected chi connectivity index (χ4v) is 2.98. The summed E-state index contributed by atoms with van der Waals surface area (Å²) in [5.41, 5.74) is 2.91. The van der Waals surface area contributed by atoms with Crippen LogP contribution in [0.1, 0.15) is 13.3 Å². The molecule has 116 valence electrons. The van der Waals surface area contributed by atoms with Crippen LogP contribution in [0.4, 0.5) is 11.4 Å². The van der Waals surface area contributed by atoms with Crippen LogP contribution in [0.25, 0.3) is 11.1 Å². The summed E-state index contributed by atoms with van der Waals surface area (Å²) in [6.45, 7) is 1.92. The lowest BCUT2D eigenvalue weighted by molar-refractivity contribution is -0.116. The van der Waals surface area contributed by atoms with Gasteiger partial charge in [0.1, 0.15) is 0 Å². The van der Waals surface area contributed by atoms with E-state index in [4.69, 9.17) is 0 Å². The molecule has 0 saturated carbocycles. The Labute approximate surface area is 128 Å². The van der Waals surface area contributed by atoms with E-state index in [1.807, 2.05) is 25.1 Å². The molecule has 1 aliphatic heterocycles. The molecule has 3 rings (SSSR count). The van der Waals surface area contributed by atoms with Gasteiger partial charge in [-0.25, -0.2) is 8.42 Å². The lowest BCUT2D eigenvalue weighted by Crippen LogP contribution is -2.19. The maximum Gasteiger partial charge on any atom is 0.250 e. The number of carbonyl (C=O) groups excluding carboxylic acids is 1. The molecule has 7 nitrogen and oxygen atoms in total. The van der Waals surface area contributed by atoms with Crippen molar-refractivity contribution >= 4 is 27.3 Å². The number of anilines is 2. The molecule has 1 atom stereocenters. The maximum atomic E-state index is 11.8. The van der Waals surface area contributed by atoms with Gasteiger partial charge in [-0.2, -0.15) is 9.19 Å². The molecule has 0 radical (unpaired) electrons. The Kier molecular flexibility index (Phi) is 3.40. The molecule has 0 spiro atoms. The van der Waals surface area contributed by atoms with Gasteiger partial charge in [0.25, 0.3) is 10.0 Å². The molecular formula is C14H16N4O3S. The summed E-state index contributed by atoms with van der Waals surface area (Å²) in [6, 6.07) is 5.46. The predicted molar refractivity (Wildman–Crippen MR) is 84.2 cm³/mol. The monoisotopic (exact) mass is 320 g/mol. The van der Waals surface area contributed by atoms with Gasteiger partial charge in [0.15, 0.2) is 0 Å². The van der Waals surface area contributed by atoms with Crippen molar-refractivity contribution in [2.75, 3.05) is 16.9 Å². The molecule has 1 amide bonds. The highest BCUT2D eigenvalue weighted by Crippen LogP contribution is 2.36. The highest BCUT2D eigenvalue weighted by atomic mass is 32.2. The van der Waals surface area contributed by atoms with Crippen molar-refractivity contribution in [3.05, 3.63) is 30.6 Å². The van der Waals surface area contributed by atoms with Crippen molar-refractivity contribution in [1.82, 2.24) is 9.19 Å². The fourth-order valence-electron chi connectivity index (χ4n) is 2.45. The molecule has 1 aromatic carbocycles. The van der Waals surface area contributed by atoms with E-state index in [2.05, 4.69) is 15.7 Å². The van der Waals surface area contributed by atoms with Crippen LogP contribution in [0, 0.1) is 0 Å². The molecule has 0 saturated heterocycles. The van der Waals surface area contributed by atoms with Crippen LogP contribution in [0.15, 0.2) is 30.6 Å². The average molecular weight is 320 g/mol. The van der Waals surface area contributed by atoms with Crippen LogP contribution in [-0.2, 0) is 14.8 Å². The van der Waals surface area contributed by atoms with E-state index in [0.29, 0.717) is 17.7 Å². The number of benzene rings is 1. The number of rotatable bonds is 2. The Balaban J connectivity index is 2.11. The van der Waals surface area contributed by atoms with Gasteiger partial charge in [-0.05, 0) is 13.0 Å². The van der Waals surface area contributed by atoms with E-state index >= 15 is 0 Å². The minimum atomic E-state index is -3.42. The largest absolute Gasteiger partial charge is 0.380 e. The first-order chi connectivity index (χ1) is 10.3. The Morgan fingerprint density at radius 2 is 2.14 bits per heavy atom. The SMILES string of the molecule is C[C@@H]1CC(=O)Nc2cccc(-c3cnn(S(C)(=O)=O)c3)c2N1. The van der Waals surface area contributed by atoms with Crippen molar-refractivity contribution in [2.45, 2.75) is 19.4 Å². The smallest absolute Gasteiger partial charge is 0.250 e. The number of fused-ring (bicyclic) bond motifs is 1. The molecule has 2 aromatic rings. The first kappa shape index (κ1) is 14.6. The van der Waals surface area contributed by atoms with Crippen LogP contribution < -0.4 is 10.6 Å². The molecule has 0 aliphatic carbocycles. The normalized spacial score (nSPS) is 18.1. The standard InChI is InChI=1S/C14H16N4O3S/c1-9-6-13(19)17-12-5-3-4-11(14(12)16-9)10-7-15-18(8-10)22(2,20)21/h3-5,7-9,16H,6H2,1-2H3,(H,17,19)/t9-/m1/s1. The third-order valence-electron chi connectivity index (χ3n) is 3.43. The predicted octanol–water partition coefficient (Wildman–Crippen LogP) is 1.50. The van der Waals surface area contributed by atoms with E-state index in [9.17, 15) is 13.2 Å². The molecule has 1 aromatic heterocycles. The number of hydrogen-bond donors (Lipinski definition) is 2. The van der Waals surface area contributed by atoms with E-state index in [1.165, 1.54) is 12.4 Å². The third kappa shape index (κ3) is 2.69. The Bertz CT molecular complexity index is 842. The third-order valence-corrected chi connectivity index (χ3v) is 4.31. The number of nitrogens with one attached hydrogen (secondary N) is 2. The molecule has 2 heterocycles. The molecular weight excluding hydrogens is 304 g/mol. The van der Waals surface area contributed by atoms with Gasteiger partial charge in [0.2, 0.25) is 5.91 Å². The Morgan fingerprint density at radius 3 is 2.82 bits per heavy atom. The molecule has 22 heavy (non-hydrogen) atoms. The lowest BCUT2D eigenvalue weighted by Gasteiger charge is -2.15. The van der Waals surface area contributed by atoms with Gasteiger partial charge in [0, 0.05) is 23.6 Å². The zero-order valence-corrected chi connectivity index (χ0v) is 13.0. The summed E-state index contributed by atoms with van der Waals surface area (Å²) in [5.74, 6) is -0.0530. The van der Waals surface area contributed by atoms with Gasteiger partial charge in [0.05, 0.1) is 30.0 Å². The molecule has 0 bridgehead atoms. The fraction of sp³-hybridized carbons (Fsp3) is 0.286. The lowest BCUT2D eigenvalue weighted by atomic mass is 10.1. The van der Waals surface area contributed by atoms with Crippen LogP contribution in [0.3, 0.4) is 0 Å². The zero-order valence-electron chi connectivity index (χ0n) is 12.2. The minimum absolute atomic E-state index is 0.0210. The van der Waals surface area contributed by atoms with Gasteiger partial charge >= 0.3 is 0 Å². The molecule has 8 heteroatoms. The summed E-state index contributed by atoms with van der Waals surface area (Å²) in [4.78, 5) is 11.8. The van der Waals surface area contributed by atoms with Crippen LogP contribution in [-0.4, -0.2) is 35.8 Å². The van der Waals surface area contributed by atoms with E-state index in [0.717, 1.165) is 21.6 Å². The van der Waals surface area contributed by atoms with Crippen molar-refractivity contribution in [3.8, 4) is 11.1 Å². The van der Waals surface area contributed by atoms with Crippen molar-refractivity contribution in [1.29, 1.82) is 0 Å².